The summed E-state index contributed by atoms with van der Waals surface area (Å²) in [6.45, 7) is 2.49. The van der Waals surface area contributed by atoms with E-state index in [0.29, 0.717) is 35.3 Å². The van der Waals surface area contributed by atoms with Gasteiger partial charge in [0.25, 0.3) is 0 Å². The van der Waals surface area contributed by atoms with Gasteiger partial charge in [-0.25, -0.2) is 14.4 Å². The Morgan fingerprint density at radius 2 is 1.55 bits per heavy atom. The van der Waals surface area contributed by atoms with Crippen LogP contribution in [0.2, 0.25) is 0 Å². The van der Waals surface area contributed by atoms with Crippen LogP contribution < -0.4 is 5.32 Å². The number of benzene rings is 3. The molecular weight excluding hydrogens is 391 g/mol. The van der Waals surface area contributed by atoms with Gasteiger partial charge < -0.3 is 9.73 Å². The minimum absolute atomic E-state index is 0.266. The second kappa shape index (κ2) is 7.99. The molecule has 152 valence electrons. The highest BCUT2D eigenvalue weighted by Crippen LogP contribution is 2.30. The fourth-order valence-electron chi connectivity index (χ4n) is 3.27. The minimum Gasteiger partial charge on any atom is -0.430 e. The molecule has 5 rings (SSSR count). The van der Waals surface area contributed by atoms with Crippen LogP contribution in [0.4, 0.5) is 10.2 Å². The maximum atomic E-state index is 13.2. The van der Waals surface area contributed by atoms with E-state index in [1.165, 1.54) is 12.1 Å². The molecule has 5 nitrogen and oxygen atoms in total. The van der Waals surface area contributed by atoms with Crippen molar-refractivity contribution in [2.45, 2.75) is 13.5 Å². The van der Waals surface area contributed by atoms with Crippen LogP contribution >= 0.6 is 0 Å². The summed E-state index contributed by atoms with van der Waals surface area (Å²) >= 11 is 0. The van der Waals surface area contributed by atoms with Gasteiger partial charge in [0, 0.05) is 17.7 Å². The smallest absolute Gasteiger partial charge is 0.229 e. The molecule has 2 heterocycles. The number of hydrogen-bond donors (Lipinski definition) is 1. The van der Waals surface area contributed by atoms with Crippen molar-refractivity contribution < 1.29 is 8.81 Å². The molecule has 1 N–H and O–H groups in total. The van der Waals surface area contributed by atoms with E-state index >= 15 is 0 Å². The third kappa shape index (κ3) is 4.00. The van der Waals surface area contributed by atoms with Gasteiger partial charge in [-0.15, -0.1) is 0 Å². The molecule has 0 aliphatic heterocycles. The van der Waals surface area contributed by atoms with Crippen molar-refractivity contribution in [2.75, 3.05) is 5.32 Å². The molecule has 0 unspecified atom stereocenters. The molecule has 0 spiro atoms. The summed E-state index contributed by atoms with van der Waals surface area (Å²) in [4.78, 5) is 14.0. The van der Waals surface area contributed by atoms with Crippen LogP contribution in [0, 0.1) is 12.7 Å². The van der Waals surface area contributed by atoms with Gasteiger partial charge in [-0.2, -0.15) is 4.98 Å². The molecule has 31 heavy (non-hydrogen) atoms. The van der Waals surface area contributed by atoms with Crippen LogP contribution in [0.15, 0.2) is 83.3 Å². The zero-order valence-electron chi connectivity index (χ0n) is 16.8. The molecule has 0 radical (unpaired) electrons. The highest BCUT2D eigenvalue weighted by Gasteiger charge is 2.17. The predicted molar refractivity (Wildman–Crippen MR) is 119 cm³/mol. The average Bonchev–Trinajstić information content (AvgIpc) is 3.24. The highest BCUT2D eigenvalue weighted by atomic mass is 19.1. The van der Waals surface area contributed by atoms with E-state index in [4.69, 9.17) is 9.40 Å². The second-order valence-corrected chi connectivity index (χ2v) is 7.28. The van der Waals surface area contributed by atoms with Gasteiger partial charge in [0.1, 0.15) is 5.82 Å². The lowest BCUT2D eigenvalue weighted by molar-refractivity contribution is 0.618. The standard InChI is InChI=1S/C25H19FN4O/c1-16-7-11-18(12-8-16)22-28-23(27-15-17-9-13-20(26)14-10-17)21-24(29-22)30-25(31-21)19-5-3-2-4-6-19/h2-14H,15H2,1H3,(H,27,28,29). The number of hydrogen-bond acceptors (Lipinski definition) is 5. The van der Waals surface area contributed by atoms with E-state index in [1.54, 1.807) is 12.1 Å². The van der Waals surface area contributed by atoms with Gasteiger partial charge in [-0.05, 0) is 36.8 Å². The SMILES string of the molecule is Cc1ccc(-c2nc(NCc3ccc(F)cc3)c3oc(-c4ccccc4)nc3n2)cc1. The first-order valence-corrected chi connectivity index (χ1v) is 9.95. The van der Waals surface area contributed by atoms with Crippen molar-refractivity contribution in [3.05, 3.63) is 95.8 Å². The highest BCUT2D eigenvalue weighted by molar-refractivity contribution is 5.84. The lowest BCUT2D eigenvalue weighted by atomic mass is 10.1. The van der Waals surface area contributed by atoms with Gasteiger partial charge in [-0.3, -0.25) is 0 Å². The number of nitrogens with zero attached hydrogens (tertiary/aromatic N) is 3. The number of rotatable bonds is 5. The van der Waals surface area contributed by atoms with Crippen molar-refractivity contribution in [2.24, 2.45) is 0 Å². The first-order valence-electron chi connectivity index (χ1n) is 9.95. The van der Waals surface area contributed by atoms with Gasteiger partial charge >= 0.3 is 0 Å². The summed E-state index contributed by atoms with van der Waals surface area (Å²) in [5.74, 6) is 1.31. The topological polar surface area (TPSA) is 63.8 Å². The van der Waals surface area contributed by atoms with Crippen molar-refractivity contribution in [3.8, 4) is 22.8 Å². The Labute approximate surface area is 178 Å². The number of oxazole rings is 1. The molecule has 0 atom stereocenters. The molecule has 2 aromatic heterocycles. The van der Waals surface area contributed by atoms with E-state index < -0.39 is 0 Å². The van der Waals surface area contributed by atoms with Crippen LogP contribution in [0.1, 0.15) is 11.1 Å². The number of aromatic nitrogens is 3. The summed E-state index contributed by atoms with van der Waals surface area (Å²) < 4.78 is 19.3. The lowest BCUT2D eigenvalue weighted by Gasteiger charge is -2.08. The second-order valence-electron chi connectivity index (χ2n) is 7.28. The molecule has 6 heteroatoms. The van der Waals surface area contributed by atoms with E-state index in [-0.39, 0.29) is 5.82 Å². The Kier molecular flexibility index (Phi) is 4.88. The monoisotopic (exact) mass is 410 g/mol. The molecule has 0 amide bonds. The molecule has 0 aliphatic carbocycles. The third-order valence-electron chi connectivity index (χ3n) is 4.96. The fourth-order valence-corrected chi connectivity index (χ4v) is 3.27. The minimum atomic E-state index is -0.266. The zero-order chi connectivity index (χ0) is 21.2. The maximum Gasteiger partial charge on any atom is 0.229 e. The number of nitrogens with one attached hydrogen (secondary N) is 1. The third-order valence-corrected chi connectivity index (χ3v) is 4.96. The van der Waals surface area contributed by atoms with Crippen LogP contribution in [0.25, 0.3) is 34.1 Å². The molecular formula is C25H19FN4O. The molecule has 5 aromatic rings. The maximum absolute atomic E-state index is 13.2. The molecule has 0 saturated heterocycles. The normalized spacial score (nSPS) is 11.0. The van der Waals surface area contributed by atoms with E-state index in [2.05, 4.69) is 15.3 Å². The van der Waals surface area contributed by atoms with Crippen LogP contribution in [-0.4, -0.2) is 15.0 Å². The fraction of sp³-hybridized carbons (Fsp3) is 0.0800. The summed E-state index contributed by atoms with van der Waals surface area (Å²) in [5.41, 5.74) is 4.80. The number of halogens is 1. The van der Waals surface area contributed by atoms with Crippen LogP contribution in [0.5, 0.6) is 0 Å². The predicted octanol–water partition coefficient (Wildman–Crippen LogP) is 6.01. The van der Waals surface area contributed by atoms with Crippen molar-refractivity contribution in [3.63, 3.8) is 0 Å². The quantitative estimate of drug-likeness (QED) is 0.384. The molecule has 0 fully saturated rings. The summed E-state index contributed by atoms with van der Waals surface area (Å²) in [6.07, 6.45) is 0. The van der Waals surface area contributed by atoms with Gasteiger partial charge in [0.2, 0.25) is 17.1 Å². The van der Waals surface area contributed by atoms with E-state index in [1.807, 2.05) is 61.5 Å². The van der Waals surface area contributed by atoms with Crippen LogP contribution in [-0.2, 0) is 6.54 Å². The summed E-state index contributed by atoms with van der Waals surface area (Å²) in [7, 11) is 0. The van der Waals surface area contributed by atoms with Gasteiger partial charge in [-0.1, -0.05) is 60.2 Å². The molecule has 3 aromatic carbocycles. The van der Waals surface area contributed by atoms with Gasteiger partial charge in [0.05, 0.1) is 0 Å². The summed E-state index contributed by atoms with van der Waals surface area (Å²) in [6, 6.07) is 24.0. The Bertz CT molecular complexity index is 1330. The lowest BCUT2D eigenvalue weighted by Crippen LogP contribution is -2.04. The van der Waals surface area contributed by atoms with Gasteiger partial charge in [0.15, 0.2) is 11.6 Å². The number of aryl methyl sites for hydroxylation is 1. The van der Waals surface area contributed by atoms with Crippen molar-refractivity contribution >= 4 is 17.0 Å². The largest absolute Gasteiger partial charge is 0.430 e. The Morgan fingerprint density at radius 1 is 0.806 bits per heavy atom. The zero-order valence-corrected chi connectivity index (χ0v) is 16.8. The molecule has 0 aliphatic rings. The Balaban J connectivity index is 1.58. The van der Waals surface area contributed by atoms with Crippen molar-refractivity contribution in [1.29, 1.82) is 0 Å². The number of fused-ring (bicyclic) bond motifs is 1. The molecule has 0 bridgehead atoms. The van der Waals surface area contributed by atoms with E-state index in [9.17, 15) is 4.39 Å². The first kappa shape index (κ1) is 18.9. The van der Waals surface area contributed by atoms with Crippen molar-refractivity contribution in [1.82, 2.24) is 15.0 Å². The molecule has 0 saturated carbocycles. The summed E-state index contributed by atoms with van der Waals surface area (Å²) in [5, 5.41) is 3.30. The first-order chi connectivity index (χ1) is 15.2. The Hall–Kier alpha value is -4.06. The van der Waals surface area contributed by atoms with E-state index in [0.717, 1.165) is 22.3 Å². The Morgan fingerprint density at radius 3 is 2.29 bits per heavy atom. The van der Waals surface area contributed by atoms with Crippen LogP contribution in [0.3, 0.4) is 0 Å². The number of anilines is 1. The average molecular weight is 410 g/mol.